The molecule has 1 aliphatic rings. The van der Waals surface area contributed by atoms with Gasteiger partial charge in [0.05, 0.1) is 12.5 Å². The number of aliphatic hydroxyl groups excluding tert-OH is 1. The molecule has 1 aromatic rings. The van der Waals surface area contributed by atoms with E-state index in [0.29, 0.717) is 28.1 Å². The van der Waals surface area contributed by atoms with Crippen LogP contribution in [-0.2, 0) is 11.2 Å². The fourth-order valence-electron chi connectivity index (χ4n) is 1.99. The van der Waals surface area contributed by atoms with E-state index in [-0.39, 0.29) is 12.3 Å². The molecule has 104 valence electrons. The van der Waals surface area contributed by atoms with E-state index >= 15 is 0 Å². The molecule has 2 rings (SSSR count). The van der Waals surface area contributed by atoms with Gasteiger partial charge in [-0.1, -0.05) is 23.2 Å². The maximum Gasteiger partial charge on any atom is 0.226 e. The molecule has 0 saturated heterocycles. The summed E-state index contributed by atoms with van der Waals surface area (Å²) in [5.74, 6) is 0.300. The van der Waals surface area contributed by atoms with Crippen molar-refractivity contribution in [2.24, 2.45) is 5.92 Å². The third kappa shape index (κ3) is 4.10. The van der Waals surface area contributed by atoms with Crippen LogP contribution >= 0.6 is 23.2 Å². The fraction of sp³-hybridized carbons (Fsp3) is 0.500. The molecule has 1 saturated carbocycles. The number of amides is 1. The number of rotatable bonds is 5. The molecule has 0 bridgehead atoms. The number of carbonyl (C=O) groups excluding carboxylic acids is 1. The SMILES string of the molecule is CN(CC(O)C1CC1)C(=O)Cc1cc(Cl)ccc1Cl. The molecule has 1 unspecified atom stereocenters. The van der Waals surface area contributed by atoms with Gasteiger partial charge in [0.1, 0.15) is 0 Å². The van der Waals surface area contributed by atoms with E-state index in [1.807, 2.05) is 0 Å². The van der Waals surface area contributed by atoms with Crippen molar-refractivity contribution in [2.45, 2.75) is 25.4 Å². The van der Waals surface area contributed by atoms with Crippen LogP contribution in [0.5, 0.6) is 0 Å². The quantitative estimate of drug-likeness (QED) is 0.908. The predicted molar refractivity (Wildman–Crippen MR) is 76.5 cm³/mol. The summed E-state index contributed by atoms with van der Waals surface area (Å²) < 4.78 is 0. The Kier molecular flexibility index (Phi) is 4.71. The Balaban J connectivity index is 1.93. The highest BCUT2D eigenvalue weighted by Crippen LogP contribution is 2.32. The van der Waals surface area contributed by atoms with E-state index in [4.69, 9.17) is 23.2 Å². The van der Waals surface area contributed by atoms with Gasteiger partial charge >= 0.3 is 0 Å². The highest BCUT2D eigenvalue weighted by Gasteiger charge is 2.31. The third-order valence-electron chi connectivity index (χ3n) is 3.40. The molecule has 5 heteroatoms. The van der Waals surface area contributed by atoms with Gasteiger partial charge in [-0.05, 0) is 42.5 Å². The second-order valence-electron chi connectivity index (χ2n) is 5.09. The molecule has 1 amide bonds. The van der Waals surface area contributed by atoms with Crippen molar-refractivity contribution in [1.29, 1.82) is 0 Å². The summed E-state index contributed by atoms with van der Waals surface area (Å²) in [5, 5.41) is 10.9. The summed E-state index contributed by atoms with van der Waals surface area (Å²) in [6.07, 6.45) is 1.91. The van der Waals surface area contributed by atoms with Crippen LogP contribution in [0.4, 0.5) is 0 Å². The largest absolute Gasteiger partial charge is 0.391 e. The molecule has 3 nitrogen and oxygen atoms in total. The summed E-state index contributed by atoms with van der Waals surface area (Å²) in [6.45, 7) is 0.377. The second-order valence-corrected chi connectivity index (χ2v) is 5.94. The zero-order chi connectivity index (χ0) is 14.0. The minimum Gasteiger partial charge on any atom is -0.391 e. The Morgan fingerprint density at radius 1 is 1.47 bits per heavy atom. The molecular formula is C14H17Cl2NO2. The van der Waals surface area contributed by atoms with E-state index in [2.05, 4.69) is 0 Å². The summed E-state index contributed by atoms with van der Waals surface area (Å²) in [5.41, 5.74) is 0.715. The van der Waals surface area contributed by atoms with Crippen molar-refractivity contribution in [3.63, 3.8) is 0 Å². The van der Waals surface area contributed by atoms with Crippen LogP contribution in [0.15, 0.2) is 18.2 Å². The van der Waals surface area contributed by atoms with Crippen LogP contribution in [0, 0.1) is 5.92 Å². The minimum absolute atomic E-state index is 0.0659. The lowest BCUT2D eigenvalue weighted by molar-refractivity contribution is -0.130. The highest BCUT2D eigenvalue weighted by molar-refractivity contribution is 6.33. The van der Waals surface area contributed by atoms with Gasteiger partial charge in [-0.25, -0.2) is 0 Å². The second kappa shape index (κ2) is 6.12. The maximum absolute atomic E-state index is 12.1. The summed E-state index contributed by atoms with van der Waals surface area (Å²) in [4.78, 5) is 13.6. The van der Waals surface area contributed by atoms with Crippen LogP contribution in [0.25, 0.3) is 0 Å². The smallest absolute Gasteiger partial charge is 0.226 e. The molecule has 0 aliphatic heterocycles. The topological polar surface area (TPSA) is 40.5 Å². The molecule has 1 aromatic carbocycles. The lowest BCUT2D eigenvalue weighted by Crippen LogP contribution is -2.36. The van der Waals surface area contributed by atoms with Crippen molar-refractivity contribution in [3.05, 3.63) is 33.8 Å². The summed E-state index contributed by atoms with van der Waals surface area (Å²) in [6, 6.07) is 5.08. The average Bonchev–Trinajstić information content (AvgIpc) is 3.17. The first-order valence-corrected chi connectivity index (χ1v) is 7.09. The molecule has 0 radical (unpaired) electrons. The molecule has 0 spiro atoms. The number of likely N-dealkylation sites (N-methyl/N-ethyl adjacent to an activating group) is 1. The Morgan fingerprint density at radius 2 is 2.16 bits per heavy atom. The number of carbonyl (C=O) groups is 1. The molecular weight excluding hydrogens is 285 g/mol. The molecule has 1 fully saturated rings. The van der Waals surface area contributed by atoms with E-state index in [9.17, 15) is 9.90 Å². The summed E-state index contributed by atoms with van der Waals surface area (Å²) in [7, 11) is 1.70. The van der Waals surface area contributed by atoms with Gasteiger partial charge < -0.3 is 10.0 Å². The number of nitrogens with zero attached hydrogens (tertiary/aromatic N) is 1. The first-order valence-electron chi connectivity index (χ1n) is 6.33. The fourth-order valence-corrected chi connectivity index (χ4v) is 2.37. The van der Waals surface area contributed by atoms with Crippen molar-refractivity contribution >= 4 is 29.1 Å². The van der Waals surface area contributed by atoms with Crippen LogP contribution in [-0.4, -0.2) is 35.6 Å². The van der Waals surface area contributed by atoms with E-state index < -0.39 is 6.10 Å². The first-order chi connectivity index (χ1) is 8.97. The molecule has 1 N–H and O–H groups in total. The zero-order valence-corrected chi connectivity index (χ0v) is 12.3. The molecule has 0 aromatic heterocycles. The number of hydrogen-bond donors (Lipinski definition) is 1. The lowest BCUT2D eigenvalue weighted by Gasteiger charge is -2.21. The van der Waals surface area contributed by atoms with Gasteiger partial charge in [-0.15, -0.1) is 0 Å². The minimum atomic E-state index is -0.413. The average molecular weight is 302 g/mol. The highest BCUT2D eigenvalue weighted by atomic mass is 35.5. The van der Waals surface area contributed by atoms with Gasteiger partial charge in [0.2, 0.25) is 5.91 Å². The molecule has 1 atom stereocenters. The maximum atomic E-state index is 12.1. The van der Waals surface area contributed by atoms with Gasteiger partial charge in [0, 0.05) is 23.6 Å². The molecule has 19 heavy (non-hydrogen) atoms. The summed E-state index contributed by atoms with van der Waals surface area (Å²) >= 11 is 11.9. The lowest BCUT2D eigenvalue weighted by atomic mass is 10.1. The first kappa shape index (κ1) is 14.6. The van der Waals surface area contributed by atoms with Crippen molar-refractivity contribution in [3.8, 4) is 0 Å². The van der Waals surface area contributed by atoms with Crippen LogP contribution < -0.4 is 0 Å². The Labute approximate surface area is 123 Å². The predicted octanol–water partition coefficient (Wildman–Crippen LogP) is 2.77. The van der Waals surface area contributed by atoms with E-state index in [0.717, 1.165) is 12.8 Å². The number of halogens is 2. The van der Waals surface area contributed by atoms with Crippen LogP contribution in [0.2, 0.25) is 10.0 Å². The Morgan fingerprint density at radius 3 is 2.79 bits per heavy atom. The Hall–Kier alpha value is -0.770. The molecule has 1 aliphatic carbocycles. The number of aliphatic hydroxyl groups is 1. The van der Waals surface area contributed by atoms with E-state index in [1.165, 1.54) is 0 Å². The van der Waals surface area contributed by atoms with Crippen molar-refractivity contribution in [2.75, 3.05) is 13.6 Å². The zero-order valence-electron chi connectivity index (χ0n) is 10.8. The van der Waals surface area contributed by atoms with Gasteiger partial charge in [0.15, 0.2) is 0 Å². The van der Waals surface area contributed by atoms with Crippen molar-refractivity contribution in [1.82, 2.24) is 4.90 Å². The Bertz CT molecular complexity index is 475. The van der Waals surface area contributed by atoms with Gasteiger partial charge in [0.25, 0.3) is 0 Å². The van der Waals surface area contributed by atoms with E-state index in [1.54, 1.807) is 30.1 Å². The van der Waals surface area contributed by atoms with Gasteiger partial charge in [-0.3, -0.25) is 4.79 Å². The number of benzene rings is 1. The van der Waals surface area contributed by atoms with Crippen LogP contribution in [0.1, 0.15) is 18.4 Å². The standard InChI is InChI=1S/C14H17Cl2NO2/c1-17(8-13(18)9-2-3-9)14(19)7-10-6-11(15)4-5-12(10)16/h4-6,9,13,18H,2-3,7-8H2,1H3. The van der Waals surface area contributed by atoms with Crippen molar-refractivity contribution < 1.29 is 9.90 Å². The number of hydrogen-bond acceptors (Lipinski definition) is 2. The van der Waals surface area contributed by atoms with Crippen LogP contribution in [0.3, 0.4) is 0 Å². The monoisotopic (exact) mass is 301 g/mol. The van der Waals surface area contributed by atoms with Gasteiger partial charge in [-0.2, -0.15) is 0 Å². The molecule has 0 heterocycles. The normalized spacial score (nSPS) is 16.2. The third-order valence-corrected chi connectivity index (χ3v) is 4.01.